The van der Waals surface area contributed by atoms with E-state index in [-0.39, 0.29) is 43.4 Å². The number of hydrogen-bond acceptors (Lipinski definition) is 7. The van der Waals surface area contributed by atoms with Crippen LogP contribution in [0.15, 0.2) is 54.6 Å². The minimum Gasteiger partial charge on any atom is -0.489 e. The molecule has 3 aromatic rings. The van der Waals surface area contributed by atoms with Crippen LogP contribution in [0.25, 0.3) is 4.85 Å². The molecule has 2 N–H and O–H groups in total. The summed E-state index contributed by atoms with van der Waals surface area (Å²) in [5, 5.41) is 0. The summed E-state index contributed by atoms with van der Waals surface area (Å²) in [5.41, 5.74) is 7.79. The highest BCUT2D eigenvalue weighted by Crippen LogP contribution is 2.34. The highest BCUT2D eigenvalue weighted by Gasteiger charge is 2.37. The Labute approximate surface area is 278 Å². The normalized spacial score (nSPS) is 15.5. The zero-order valence-electron chi connectivity index (χ0n) is 27.3. The number of primary amides is 1. The lowest BCUT2D eigenvalue weighted by Gasteiger charge is -2.36. The number of anilines is 1. The molecule has 1 saturated heterocycles. The van der Waals surface area contributed by atoms with Crippen LogP contribution in [0.5, 0.6) is 5.75 Å². The lowest BCUT2D eigenvalue weighted by Crippen LogP contribution is -2.46. The van der Waals surface area contributed by atoms with E-state index in [0.717, 1.165) is 0 Å². The monoisotopic (exact) mass is 659 g/mol. The standard InChI is InChI=1S/C36H39F2N5O5/c1-36(2,3)48-33(44)13-12-31(34(39)45)43-21-27-26(35(43)46)6-5-7-32(27)47-22-23-8-9-24(28(37)18-23)20-41-14-16-42(17-15-41)30-11-10-25(40-4)19-29(30)38/h5-11,18-19,31H,12-17,20-22H2,1-3H3,(H2,39,45)/t31-/m0/s1. The molecule has 2 amide bonds. The molecular formula is C36H39F2N5O5. The number of ether oxygens (including phenoxy) is 2. The van der Waals surface area contributed by atoms with E-state index in [2.05, 4.69) is 9.74 Å². The molecule has 5 rings (SSSR count). The van der Waals surface area contributed by atoms with Gasteiger partial charge in [-0.2, -0.15) is 0 Å². The molecule has 48 heavy (non-hydrogen) atoms. The van der Waals surface area contributed by atoms with Crippen LogP contribution in [0.1, 0.15) is 60.7 Å². The molecule has 2 aliphatic heterocycles. The molecule has 12 heteroatoms. The van der Waals surface area contributed by atoms with Crippen LogP contribution < -0.4 is 15.4 Å². The van der Waals surface area contributed by atoms with Crippen LogP contribution in [-0.2, 0) is 34.0 Å². The van der Waals surface area contributed by atoms with Gasteiger partial charge in [0.15, 0.2) is 5.69 Å². The third-order valence-corrected chi connectivity index (χ3v) is 8.38. The predicted octanol–water partition coefficient (Wildman–Crippen LogP) is 5.35. The minimum atomic E-state index is -1.01. The SMILES string of the molecule is [C-]#[N+]c1ccc(N2CCN(Cc3ccc(COc4cccc5c4CN([C@@H](CCC(=O)OC(C)(C)C)C(N)=O)C5=O)cc3F)CC2)c(F)c1. The summed E-state index contributed by atoms with van der Waals surface area (Å²) in [6, 6.07) is 13.5. The summed E-state index contributed by atoms with van der Waals surface area (Å²) < 4.78 is 41.1. The number of amides is 2. The molecule has 2 heterocycles. The molecule has 0 spiro atoms. The van der Waals surface area contributed by atoms with Gasteiger partial charge in [-0.25, -0.2) is 13.6 Å². The van der Waals surface area contributed by atoms with Crippen molar-refractivity contribution in [3.8, 4) is 5.75 Å². The predicted molar refractivity (Wildman–Crippen MR) is 175 cm³/mol. The van der Waals surface area contributed by atoms with Crippen molar-refractivity contribution < 1.29 is 32.6 Å². The number of halogens is 2. The first-order valence-electron chi connectivity index (χ1n) is 15.8. The molecule has 0 aliphatic carbocycles. The van der Waals surface area contributed by atoms with Gasteiger partial charge >= 0.3 is 5.97 Å². The molecule has 252 valence electrons. The van der Waals surface area contributed by atoms with Crippen molar-refractivity contribution in [2.75, 3.05) is 31.1 Å². The number of rotatable bonds is 11. The molecule has 10 nitrogen and oxygen atoms in total. The highest BCUT2D eigenvalue weighted by molar-refractivity contribution is 6.01. The van der Waals surface area contributed by atoms with E-state index in [1.54, 1.807) is 63.2 Å². The summed E-state index contributed by atoms with van der Waals surface area (Å²) in [7, 11) is 0. The second-order valence-electron chi connectivity index (χ2n) is 13.0. The van der Waals surface area contributed by atoms with Gasteiger partial charge in [-0.05, 0) is 63.1 Å². The number of fused-ring (bicyclic) bond motifs is 1. The first kappa shape index (κ1) is 34.3. The van der Waals surface area contributed by atoms with E-state index >= 15 is 4.39 Å². The average molecular weight is 660 g/mol. The smallest absolute Gasteiger partial charge is 0.306 e. The first-order chi connectivity index (χ1) is 22.8. The molecule has 0 bridgehead atoms. The minimum absolute atomic E-state index is 0.0258. The third kappa shape index (κ3) is 8.09. The van der Waals surface area contributed by atoms with Crippen LogP contribution in [-0.4, -0.2) is 65.4 Å². The van der Waals surface area contributed by atoms with Crippen LogP contribution in [0.4, 0.5) is 20.2 Å². The fourth-order valence-electron chi connectivity index (χ4n) is 5.99. The number of carbonyl (C=O) groups is 3. The second-order valence-corrected chi connectivity index (χ2v) is 13.0. The van der Waals surface area contributed by atoms with Gasteiger partial charge in [0, 0.05) is 55.8 Å². The van der Waals surface area contributed by atoms with Crippen LogP contribution >= 0.6 is 0 Å². The Bertz CT molecular complexity index is 1740. The Hall–Kier alpha value is -5.02. The average Bonchev–Trinajstić information content (AvgIpc) is 3.37. The summed E-state index contributed by atoms with van der Waals surface area (Å²) in [5.74, 6) is -1.95. The summed E-state index contributed by atoms with van der Waals surface area (Å²) in [4.78, 5) is 46.5. The summed E-state index contributed by atoms with van der Waals surface area (Å²) in [6.45, 7) is 15.2. The number of nitrogens with two attached hydrogens (primary N) is 1. The number of hydrogen-bond donors (Lipinski definition) is 1. The van der Waals surface area contributed by atoms with Crippen molar-refractivity contribution >= 4 is 29.2 Å². The van der Waals surface area contributed by atoms with Gasteiger partial charge in [0.1, 0.15) is 35.6 Å². The Morgan fingerprint density at radius 2 is 1.77 bits per heavy atom. The molecule has 0 unspecified atom stereocenters. The summed E-state index contributed by atoms with van der Waals surface area (Å²) >= 11 is 0. The van der Waals surface area contributed by atoms with Crippen LogP contribution in [0, 0.1) is 18.2 Å². The van der Waals surface area contributed by atoms with Gasteiger partial charge in [0.2, 0.25) is 5.91 Å². The quantitative estimate of drug-likeness (QED) is 0.218. The van der Waals surface area contributed by atoms with Crippen LogP contribution in [0.3, 0.4) is 0 Å². The van der Waals surface area contributed by atoms with E-state index in [4.69, 9.17) is 21.8 Å². The van der Waals surface area contributed by atoms with Gasteiger partial charge in [-0.15, -0.1) is 0 Å². The van der Waals surface area contributed by atoms with Crippen molar-refractivity contribution in [3.05, 3.63) is 99.9 Å². The van der Waals surface area contributed by atoms with E-state index in [9.17, 15) is 18.8 Å². The van der Waals surface area contributed by atoms with E-state index in [1.807, 2.05) is 4.90 Å². The van der Waals surface area contributed by atoms with Crippen molar-refractivity contribution in [3.63, 3.8) is 0 Å². The Morgan fingerprint density at radius 1 is 1.02 bits per heavy atom. The molecule has 1 fully saturated rings. The maximum Gasteiger partial charge on any atom is 0.306 e. The second kappa shape index (κ2) is 14.4. The first-order valence-corrected chi connectivity index (χ1v) is 15.8. The molecule has 0 aromatic heterocycles. The van der Waals surface area contributed by atoms with Gasteiger partial charge in [-0.1, -0.05) is 24.3 Å². The van der Waals surface area contributed by atoms with E-state index < -0.39 is 29.3 Å². The molecular weight excluding hydrogens is 620 g/mol. The van der Waals surface area contributed by atoms with E-state index in [0.29, 0.717) is 66.4 Å². The Balaban J connectivity index is 1.17. The topological polar surface area (TPSA) is 110 Å². The van der Waals surface area contributed by atoms with Crippen molar-refractivity contribution in [2.45, 2.75) is 65.0 Å². The van der Waals surface area contributed by atoms with Gasteiger partial charge in [-0.3, -0.25) is 19.3 Å². The number of benzene rings is 3. The Morgan fingerprint density at radius 3 is 2.42 bits per heavy atom. The number of carbonyl (C=O) groups excluding carboxylic acids is 3. The van der Waals surface area contributed by atoms with Gasteiger partial charge in [0.05, 0.1) is 18.8 Å². The molecule has 0 radical (unpaired) electrons. The van der Waals surface area contributed by atoms with E-state index in [1.165, 1.54) is 17.0 Å². The number of esters is 1. The van der Waals surface area contributed by atoms with Gasteiger partial charge in [0.25, 0.3) is 5.91 Å². The zero-order valence-corrected chi connectivity index (χ0v) is 27.3. The highest BCUT2D eigenvalue weighted by atomic mass is 19.1. The van der Waals surface area contributed by atoms with Crippen molar-refractivity contribution in [2.24, 2.45) is 5.73 Å². The fourth-order valence-corrected chi connectivity index (χ4v) is 5.99. The van der Waals surface area contributed by atoms with Gasteiger partial charge < -0.3 is 25.0 Å². The summed E-state index contributed by atoms with van der Waals surface area (Å²) in [6.07, 6.45) is -0.0521. The largest absolute Gasteiger partial charge is 0.489 e. The molecule has 3 aromatic carbocycles. The maximum atomic E-state index is 15.2. The third-order valence-electron chi connectivity index (χ3n) is 8.38. The van der Waals surface area contributed by atoms with Crippen LogP contribution in [0.2, 0.25) is 0 Å². The molecule has 0 saturated carbocycles. The lowest BCUT2D eigenvalue weighted by molar-refractivity contribution is -0.155. The fraction of sp³-hybridized carbons (Fsp3) is 0.389. The molecule has 2 aliphatic rings. The maximum absolute atomic E-state index is 15.2. The van der Waals surface area contributed by atoms with Crippen molar-refractivity contribution in [1.82, 2.24) is 9.80 Å². The number of nitrogens with zero attached hydrogens (tertiary/aromatic N) is 4. The number of piperazine rings is 1. The lowest BCUT2D eigenvalue weighted by atomic mass is 10.1. The zero-order chi connectivity index (χ0) is 34.6. The molecule has 1 atom stereocenters. The Kier molecular flexibility index (Phi) is 10.3. The van der Waals surface area contributed by atoms with Crippen molar-refractivity contribution in [1.29, 1.82) is 0 Å².